The van der Waals surface area contributed by atoms with Gasteiger partial charge in [-0.1, -0.05) is 0 Å². The minimum atomic E-state index is -4.03. The maximum atomic E-state index is 13.4. The number of rotatable bonds is 5. The summed E-state index contributed by atoms with van der Waals surface area (Å²) in [6, 6.07) is 2.32. The highest BCUT2D eigenvalue weighted by atomic mass is 32.2. The van der Waals surface area contributed by atoms with Crippen molar-refractivity contribution >= 4 is 15.7 Å². The third kappa shape index (κ3) is 3.41. The summed E-state index contributed by atoms with van der Waals surface area (Å²) in [6.45, 7) is 1.44. The van der Waals surface area contributed by atoms with Crippen LogP contribution in [0.5, 0.6) is 0 Å². The molecule has 0 unspecified atom stereocenters. The van der Waals surface area contributed by atoms with Crippen LogP contribution in [0.4, 0.5) is 10.1 Å². The van der Waals surface area contributed by atoms with Crippen molar-refractivity contribution in [2.45, 2.75) is 18.4 Å². The molecule has 1 aromatic heterocycles. The summed E-state index contributed by atoms with van der Waals surface area (Å²) in [6.07, 6.45) is 1.43. The van der Waals surface area contributed by atoms with E-state index in [1.54, 1.807) is 6.92 Å². The second-order valence-corrected chi connectivity index (χ2v) is 5.83. The van der Waals surface area contributed by atoms with Gasteiger partial charge >= 0.3 is 5.69 Å². The first-order valence-electron chi connectivity index (χ1n) is 5.64. The Bertz CT molecular complexity index is 787. The van der Waals surface area contributed by atoms with Gasteiger partial charge in [-0.2, -0.15) is 4.39 Å². The zero-order valence-electron chi connectivity index (χ0n) is 10.7. The third-order valence-electron chi connectivity index (χ3n) is 2.51. The lowest BCUT2D eigenvalue weighted by atomic mass is 10.3. The average molecular weight is 315 g/mol. The van der Waals surface area contributed by atoms with Crippen LogP contribution in [0.15, 0.2) is 33.7 Å². The lowest BCUT2D eigenvalue weighted by molar-refractivity contribution is -0.387. The lowest BCUT2D eigenvalue weighted by Gasteiger charge is -2.05. The minimum Gasteiger partial charge on any atom is -0.445 e. The molecule has 0 saturated carbocycles. The van der Waals surface area contributed by atoms with E-state index >= 15 is 0 Å². The molecule has 0 atom stereocenters. The Hall–Kier alpha value is -2.33. The molecule has 0 saturated heterocycles. The van der Waals surface area contributed by atoms with Crippen molar-refractivity contribution < 1.29 is 22.1 Å². The van der Waals surface area contributed by atoms with E-state index < -0.39 is 31.3 Å². The van der Waals surface area contributed by atoms with E-state index in [9.17, 15) is 22.9 Å². The van der Waals surface area contributed by atoms with Crippen molar-refractivity contribution in [2.75, 3.05) is 0 Å². The molecule has 1 aromatic carbocycles. The molecule has 21 heavy (non-hydrogen) atoms. The third-order valence-corrected chi connectivity index (χ3v) is 3.91. The van der Waals surface area contributed by atoms with Crippen LogP contribution in [0.1, 0.15) is 11.7 Å². The Morgan fingerprint density at radius 3 is 2.71 bits per heavy atom. The fourth-order valence-corrected chi connectivity index (χ4v) is 2.51. The van der Waals surface area contributed by atoms with Crippen molar-refractivity contribution in [1.82, 2.24) is 9.71 Å². The molecule has 2 rings (SSSR count). The summed E-state index contributed by atoms with van der Waals surface area (Å²) >= 11 is 0. The SMILES string of the molecule is Cc1cnc(CNS(=O)(=O)c2ccc([N+](=O)[O-])c(F)c2)o1. The van der Waals surface area contributed by atoms with E-state index in [-0.39, 0.29) is 12.4 Å². The first-order valence-corrected chi connectivity index (χ1v) is 7.13. The second kappa shape index (κ2) is 5.58. The van der Waals surface area contributed by atoms with E-state index in [1.807, 2.05) is 0 Å². The van der Waals surface area contributed by atoms with Crippen molar-refractivity contribution in [3.8, 4) is 0 Å². The topological polar surface area (TPSA) is 115 Å². The molecule has 8 nitrogen and oxygen atoms in total. The predicted molar refractivity (Wildman–Crippen MR) is 68.3 cm³/mol. The summed E-state index contributed by atoms with van der Waals surface area (Å²) in [5.74, 6) is -0.557. The smallest absolute Gasteiger partial charge is 0.304 e. The Morgan fingerprint density at radius 1 is 1.48 bits per heavy atom. The first-order chi connectivity index (χ1) is 9.79. The molecule has 0 fully saturated rings. The zero-order chi connectivity index (χ0) is 15.6. The number of nitro benzene ring substituents is 1. The van der Waals surface area contributed by atoms with E-state index in [0.29, 0.717) is 11.8 Å². The normalized spacial score (nSPS) is 11.5. The molecule has 0 aliphatic heterocycles. The van der Waals surface area contributed by atoms with Crippen LogP contribution in [0.25, 0.3) is 0 Å². The number of halogens is 1. The molecule has 112 valence electrons. The van der Waals surface area contributed by atoms with Gasteiger partial charge in [0.15, 0.2) is 0 Å². The summed E-state index contributed by atoms with van der Waals surface area (Å²) in [5.41, 5.74) is -0.794. The fourth-order valence-electron chi connectivity index (χ4n) is 1.53. The predicted octanol–water partition coefficient (Wildman–Crippen LogP) is 1.51. The maximum absolute atomic E-state index is 13.4. The van der Waals surface area contributed by atoms with Crippen molar-refractivity contribution in [3.05, 3.63) is 52.0 Å². The average Bonchev–Trinajstić information content (AvgIpc) is 2.82. The first kappa shape index (κ1) is 15.1. The monoisotopic (exact) mass is 315 g/mol. The Morgan fingerprint density at radius 2 is 2.19 bits per heavy atom. The number of nitro groups is 1. The van der Waals surface area contributed by atoms with Crippen molar-refractivity contribution in [1.29, 1.82) is 0 Å². The van der Waals surface area contributed by atoms with E-state index in [4.69, 9.17) is 4.42 Å². The Balaban J connectivity index is 2.19. The van der Waals surface area contributed by atoms with Gasteiger partial charge in [-0.05, 0) is 13.0 Å². The molecule has 0 radical (unpaired) electrons. The molecular weight excluding hydrogens is 305 g/mol. The van der Waals surface area contributed by atoms with Gasteiger partial charge in [0, 0.05) is 12.1 Å². The molecule has 10 heteroatoms. The summed E-state index contributed by atoms with van der Waals surface area (Å²) in [4.78, 5) is 12.9. The van der Waals surface area contributed by atoms with Gasteiger partial charge in [0.1, 0.15) is 5.76 Å². The van der Waals surface area contributed by atoms with E-state index in [0.717, 1.165) is 12.1 Å². The quantitative estimate of drug-likeness (QED) is 0.660. The minimum absolute atomic E-state index is 0.151. The van der Waals surface area contributed by atoms with Crippen LogP contribution in [-0.4, -0.2) is 18.3 Å². The van der Waals surface area contributed by atoms with Gasteiger partial charge in [0.2, 0.25) is 21.7 Å². The fraction of sp³-hybridized carbons (Fsp3) is 0.182. The van der Waals surface area contributed by atoms with Gasteiger partial charge in [-0.25, -0.2) is 18.1 Å². The standard InChI is InChI=1S/C11H10FN3O5S/c1-7-5-13-11(20-7)6-14-21(18,19)8-2-3-10(15(16)17)9(12)4-8/h2-5,14H,6H2,1H3. The van der Waals surface area contributed by atoms with E-state index in [2.05, 4.69) is 9.71 Å². The molecule has 1 heterocycles. The number of nitrogens with one attached hydrogen (secondary N) is 1. The van der Waals surface area contributed by atoms with Crippen LogP contribution in [0.2, 0.25) is 0 Å². The number of aromatic nitrogens is 1. The van der Waals surface area contributed by atoms with E-state index in [1.165, 1.54) is 6.20 Å². The van der Waals surface area contributed by atoms with Gasteiger partial charge in [0.05, 0.1) is 22.6 Å². The number of hydrogen-bond donors (Lipinski definition) is 1. The number of sulfonamides is 1. The van der Waals surface area contributed by atoms with Crippen LogP contribution in [0.3, 0.4) is 0 Å². The molecule has 0 aliphatic rings. The van der Waals surface area contributed by atoms with Crippen LogP contribution in [0, 0.1) is 22.9 Å². The highest BCUT2D eigenvalue weighted by molar-refractivity contribution is 7.89. The number of benzene rings is 1. The van der Waals surface area contributed by atoms with Crippen molar-refractivity contribution in [3.63, 3.8) is 0 Å². The Kier molecular flexibility index (Phi) is 4.00. The highest BCUT2D eigenvalue weighted by Crippen LogP contribution is 2.20. The summed E-state index contributed by atoms with van der Waals surface area (Å²) < 4.78 is 44.5. The summed E-state index contributed by atoms with van der Waals surface area (Å²) in [7, 11) is -4.03. The molecule has 0 aliphatic carbocycles. The van der Waals surface area contributed by atoms with Crippen LogP contribution >= 0.6 is 0 Å². The molecule has 0 spiro atoms. The molecule has 0 amide bonds. The number of oxazole rings is 1. The molecule has 0 bridgehead atoms. The number of nitrogens with zero attached hydrogens (tertiary/aromatic N) is 2. The molecule has 2 aromatic rings. The second-order valence-electron chi connectivity index (χ2n) is 4.06. The maximum Gasteiger partial charge on any atom is 0.304 e. The zero-order valence-corrected chi connectivity index (χ0v) is 11.6. The van der Waals surface area contributed by atoms with Gasteiger partial charge < -0.3 is 4.42 Å². The van der Waals surface area contributed by atoms with Crippen LogP contribution < -0.4 is 4.72 Å². The van der Waals surface area contributed by atoms with Gasteiger partial charge in [-0.15, -0.1) is 0 Å². The lowest BCUT2D eigenvalue weighted by Crippen LogP contribution is -2.23. The van der Waals surface area contributed by atoms with Crippen LogP contribution in [-0.2, 0) is 16.6 Å². The van der Waals surface area contributed by atoms with Gasteiger partial charge in [0.25, 0.3) is 0 Å². The van der Waals surface area contributed by atoms with Gasteiger partial charge in [-0.3, -0.25) is 10.1 Å². The number of aryl methyl sites for hydroxylation is 1. The number of hydrogen-bond acceptors (Lipinski definition) is 6. The summed E-state index contributed by atoms with van der Waals surface area (Å²) in [5, 5.41) is 10.5. The largest absolute Gasteiger partial charge is 0.445 e. The van der Waals surface area contributed by atoms with Crippen molar-refractivity contribution in [2.24, 2.45) is 0 Å². The molecular formula is C11H10FN3O5S. The molecule has 1 N–H and O–H groups in total. The highest BCUT2D eigenvalue weighted by Gasteiger charge is 2.21. The Labute approximate surface area is 118 Å².